The van der Waals surface area contributed by atoms with Crippen LogP contribution >= 0.6 is 0 Å². The summed E-state index contributed by atoms with van der Waals surface area (Å²) in [7, 11) is 3.35. The van der Waals surface area contributed by atoms with Crippen LogP contribution in [0.5, 0.6) is 0 Å². The van der Waals surface area contributed by atoms with Gasteiger partial charge in [-0.05, 0) is 51.5 Å². The van der Waals surface area contributed by atoms with Crippen LogP contribution in [0, 0.1) is 0 Å². The molecule has 0 saturated carbocycles. The number of methoxy groups -OCH3 is 1. The Morgan fingerprint density at radius 3 is 3.10 bits per heavy atom. The molecule has 1 saturated heterocycles. The molecule has 1 fully saturated rings. The molecule has 5 heteroatoms. The van der Waals surface area contributed by atoms with Crippen molar-refractivity contribution < 1.29 is 13.9 Å². The fourth-order valence-corrected chi connectivity index (χ4v) is 2.78. The molecule has 2 rings (SSSR count). The van der Waals surface area contributed by atoms with Crippen LogP contribution in [0.25, 0.3) is 0 Å². The van der Waals surface area contributed by atoms with Crippen molar-refractivity contribution in [1.82, 2.24) is 10.2 Å². The van der Waals surface area contributed by atoms with Crippen LogP contribution in [0.3, 0.4) is 0 Å². The second kappa shape index (κ2) is 7.45. The number of carbonyl (C=O) groups excluding carboxylic acids is 1. The molecule has 0 aromatic carbocycles. The highest BCUT2D eigenvalue weighted by Crippen LogP contribution is 2.22. The number of likely N-dealkylation sites (tertiary alicyclic amines) is 1. The number of hydrogen-bond acceptors (Lipinski definition) is 5. The molecule has 0 radical (unpaired) electrons. The standard InChI is InChI=1S/C15H24N2O3/c1-16-9-8-12-5-3-4-10-17(12)11-13-6-7-14(20-13)15(18)19-2/h6-7,12,16H,3-5,8-11H2,1-2H3. The lowest BCUT2D eigenvalue weighted by Gasteiger charge is -2.35. The van der Waals surface area contributed by atoms with Crippen molar-refractivity contribution in [1.29, 1.82) is 0 Å². The fraction of sp³-hybridized carbons (Fsp3) is 0.667. The highest BCUT2D eigenvalue weighted by Gasteiger charge is 2.23. The van der Waals surface area contributed by atoms with E-state index in [-0.39, 0.29) is 5.76 Å². The molecule has 0 aliphatic carbocycles. The summed E-state index contributed by atoms with van der Waals surface area (Å²) in [6.07, 6.45) is 4.93. The Labute approximate surface area is 120 Å². The molecule has 1 aromatic heterocycles. The number of carbonyl (C=O) groups is 1. The third-order valence-electron chi connectivity index (χ3n) is 3.88. The molecule has 1 unspecified atom stereocenters. The van der Waals surface area contributed by atoms with Crippen molar-refractivity contribution in [3.63, 3.8) is 0 Å². The van der Waals surface area contributed by atoms with E-state index in [1.54, 1.807) is 6.07 Å². The average Bonchev–Trinajstić information content (AvgIpc) is 2.94. The van der Waals surface area contributed by atoms with Crippen LogP contribution in [0.15, 0.2) is 16.5 Å². The number of piperidine rings is 1. The molecule has 1 atom stereocenters. The van der Waals surface area contributed by atoms with Gasteiger partial charge in [-0.1, -0.05) is 6.42 Å². The lowest BCUT2D eigenvalue weighted by Crippen LogP contribution is -2.40. The fourth-order valence-electron chi connectivity index (χ4n) is 2.78. The molecule has 5 nitrogen and oxygen atoms in total. The Bertz CT molecular complexity index is 431. The zero-order chi connectivity index (χ0) is 14.4. The van der Waals surface area contributed by atoms with Gasteiger partial charge in [-0.2, -0.15) is 0 Å². The van der Waals surface area contributed by atoms with Crippen LogP contribution < -0.4 is 5.32 Å². The van der Waals surface area contributed by atoms with Crippen molar-refractivity contribution in [2.45, 2.75) is 38.3 Å². The van der Waals surface area contributed by atoms with Gasteiger partial charge in [0.2, 0.25) is 5.76 Å². The number of nitrogens with zero attached hydrogens (tertiary/aromatic N) is 1. The largest absolute Gasteiger partial charge is 0.463 e. The summed E-state index contributed by atoms with van der Waals surface area (Å²) in [6, 6.07) is 4.16. The summed E-state index contributed by atoms with van der Waals surface area (Å²) in [5.41, 5.74) is 0. The smallest absolute Gasteiger partial charge is 0.373 e. The third kappa shape index (κ3) is 3.84. The van der Waals surface area contributed by atoms with Crippen LogP contribution in [-0.4, -0.2) is 44.2 Å². The van der Waals surface area contributed by atoms with Gasteiger partial charge in [-0.15, -0.1) is 0 Å². The van der Waals surface area contributed by atoms with Gasteiger partial charge in [0.05, 0.1) is 13.7 Å². The van der Waals surface area contributed by atoms with Gasteiger partial charge in [0.25, 0.3) is 0 Å². The quantitative estimate of drug-likeness (QED) is 0.808. The van der Waals surface area contributed by atoms with Gasteiger partial charge in [-0.3, -0.25) is 4.90 Å². The van der Waals surface area contributed by atoms with E-state index >= 15 is 0 Å². The summed E-state index contributed by atoms with van der Waals surface area (Å²) < 4.78 is 10.2. The van der Waals surface area contributed by atoms with E-state index in [1.807, 2.05) is 13.1 Å². The molecule has 1 N–H and O–H groups in total. The number of rotatable bonds is 6. The lowest BCUT2D eigenvalue weighted by atomic mass is 9.99. The molecular formula is C15H24N2O3. The van der Waals surface area contributed by atoms with Crippen LogP contribution in [0.1, 0.15) is 42.0 Å². The van der Waals surface area contributed by atoms with Gasteiger partial charge < -0.3 is 14.5 Å². The van der Waals surface area contributed by atoms with Crippen molar-refractivity contribution >= 4 is 5.97 Å². The van der Waals surface area contributed by atoms with Crippen molar-refractivity contribution in [3.05, 3.63) is 23.7 Å². The Morgan fingerprint density at radius 2 is 2.35 bits per heavy atom. The first-order chi connectivity index (χ1) is 9.74. The number of furan rings is 1. The molecule has 0 bridgehead atoms. The maximum absolute atomic E-state index is 11.4. The van der Waals surface area contributed by atoms with Gasteiger partial charge in [-0.25, -0.2) is 4.79 Å². The minimum atomic E-state index is -0.415. The first-order valence-electron chi connectivity index (χ1n) is 7.30. The highest BCUT2D eigenvalue weighted by atomic mass is 16.5. The number of hydrogen-bond donors (Lipinski definition) is 1. The van der Waals surface area contributed by atoms with E-state index in [0.717, 1.165) is 31.8 Å². The van der Waals surface area contributed by atoms with Crippen LogP contribution in [0.4, 0.5) is 0 Å². The lowest BCUT2D eigenvalue weighted by molar-refractivity contribution is 0.0558. The average molecular weight is 280 g/mol. The Kier molecular flexibility index (Phi) is 5.61. The highest BCUT2D eigenvalue weighted by molar-refractivity contribution is 5.86. The van der Waals surface area contributed by atoms with Crippen molar-refractivity contribution in [2.24, 2.45) is 0 Å². The summed E-state index contributed by atoms with van der Waals surface area (Å²) >= 11 is 0. The predicted octanol–water partition coefficient (Wildman–Crippen LogP) is 2.03. The van der Waals surface area contributed by atoms with E-state index in [9.17, 15) is 4.79 Å². The molecule has 1 aromatic rings. The second-order valence-corrected chi connectivity index (χ2v) is 5.27. The molecule has 1 aliphatic rings. The summed E-state index contributed by atoms with van der Waals surface area (Å²) in [5.74, 6) is 0.703. The Morgan fingerprint density at radius 1 is 1.50 bits per heavy atom. The second-order valence-electron chi connectivity index (χ2n) is 5.27. The van der Waals surface area contributed by atoms with Gasteiger partial charge in [0, 0.05) is 6.04 Å². The summed E-state index contributed by atoms with van der Waals surface area (Å²) in [5, 5.41) is 3.21. The minimum Gasteiger partial charge on any atom is -0.463 e. The SMILES string of the molecule is CNCCC1CCCCN1Cc1ccc(C(=O)OC)o1. The topological polar surface area (TPSA) is 54.7 Å². The number of esters is 1. The molecule has 1 aliphatic heterocycles. The van der Waals surface area contributed by atoms with E-state index in [0.29, 0.717) is 6.04 Å². The van der Waals surface area contributed by atoms with E-state index in [1.165, 1.54) is 26.4 Å². The Hall–Kier alpha value is -1.33. The maximum atomic E-state index is 11.4. The molecule has 2 heterocycles. The number of ether oxygens (including phenoxy) is 1. The zero-order valence-electron chi connectivity index (χ0n) is 12.4. The summed E-state index contributed by atoms with van der Waals surface area (Å²) in [6.45, 7) is 2.90. The molecule has 20 heavy (non-hydrogen) atoms. The molecular weight excluding hydrogens is 256 g/mol. The first kappa shape index (κ1) is 15.1. The van der Waals surface area contributed by atoms with Gasteiger partial charge >= 0.3 is 5.97 Å². The summed E-state index contributed by atoms with van der Waals surface area (Å²) in [4.78, 5) is 13.8. The third-order valence-corrected chi connectivity index (χ3v) is 3.88. The van der Waals surface area contributed by atoms with Crippen LogP contribution in [-0.2, 0) is 11.3 Å². The zero-order valence-corrected chi connectivity index (χ0v) is 12.4. The monoisotopic (exact) mass is 280 g/mol. The van der Waals surface area contributed by atoms with E-state index in [4.69, 9.17) is 4.42 Å². The first-order valence-corrected chi connectivity index (χ1v) is 7.30. The van der Waals surface area contributed by atoms with Gasteiger partial charge in [0.1, 0.15) is 5.76 Å². The van der Waals surface area contributed by atoms with Crippen molar-refractivity contribution in [3.8, 4) is 0 Å². The molecule has 0 amide bonds. The van der Waals surface area contributed by atoms with Gasteiger partial charge in [0.15, 0.2) is 0 Å². The number of nitrogens with one attached hydrogen (secondary N) is 1. The maximum Gasteiger partial charge on any atom is 0.373 e. The predicted molar refractivity (Wildman–Crippen MR) is 76.6 cm³/mol. The Balaban J connectivity index is 1.95. The van der Waals surface area contributed by atoms with Crippen molar-refractivity contribution in [2.75, 3.05) is 27.2 Å². The normalized spacial score (nSPS) is 20.0. The molecule has 0 spiro atoms. The van der Waals surface area contributed by atoms with E-state index in [2.05, 4.69) is 15.0 Å². The van der Waals surface area contributed by atoms with E-state index < -0.39 is 5.97 Å². The molecule has 112 valence electrons. The van der Waals surface area contributed by atoms with Crippen LogP contribution in [0.2, 0.25) is 0 Å². The minimum absolute atomic E-state index is 0.284.